The van der Waals surface area contributed by atoms with Crippen LogP contribution in [-0.4, -0.2) is 15.0 Å². The molecule has 0 fully saturated rings. The Kier molecular flexibility index (Phi) is 5.14. The SMILES string of the molecule is C[C@H](Nc1nccc(-c2scnc2-c2cccc(Cl)c2)n1)c1ccccc1. The van der Waals surface area contributed by atoms with E-state index in [-0.39, 0.29) is 6.04 Å². The molecular weight excluding hydrogens is 376 g/mol. The van der Waals surface area contributed by atoms with E-state index < -0.39 is 0 Å². The van der Waals surface area contributed by atoms with Crippen molar-refractivity contribution in [3.63, 3.8) is 0 Å². The molecule has 4 aromatic rings. The third-order valence-corrected chi connectivity index (χ3v) is 5.28. The molecule has 4 rings (SSSR count). The quantitative estimate of drug-likeness (QED) is 0.446. The highest BCUT2D eigenvalue weighted by molar-refractivity contribution is 7.13. The molecule has 134 valence electrons. The monoisotopic (exact) mass is 392 g/mol. The van der Waals surface area contributed by atoms with E-state index in [1.165, 1.54) is 5.56 Å². The lowest BCUT2D eigenvalue weighted by molar-refractivity contribution is 0.861. The normalized spacial score (nSPS) is 11.9. The van der Waals surface area contributed by atoms with Gasteiger partial charge in [0, 0.05) is 16.8 Å². The van der Waals surface area contributed by atoms with E-state index >= 15 is 0 Å². The Bertz CT molecular complexity index is 1050. The standard InChI is InChI=1S/C21H17ClN4S/c1-14(15-6-3-2-4-7-15)25-21-23-11-10-18(26-21)20-19(24-13-27-20)16-8-5-9-17(22)12-16/h2-14H,1H3,(H,23,25,26)/t14-/m0/s1. The second kappa shape index (κ2) is 7.86. The number of thiazole rings is 1. The number of anilines is 1. The van der Waals surface area contributed by atoms with Crippen LogP contribution in [0.2, 0.25) is 5.02 Å². The molecular formula is C21H17ClN4S. The lowest BCUT2D eigenvalue weighted by atomic mass is 10.1. The van der Waals surface area contributed by atoms with Crippen molar-refractivity contribution in [3.8, 4) is 21.8 Å². The number of halogens is 1. The molecule has 0 aliphatic carbocycles. The van der Waals surface area contributed by atoms with Crippen molar-refractivity contribution >= 4 is 28.9 Å². The van der Waals surface area contributed by atoms with E-state index in [9.17, 15) is 0 Å². The van der Waals surface area contributed by atoms with Gasteiger partial charge in [-0.05, 0) is 30.7 Å². The second-order valence-corrected chi connectivity index (χ2v) is 7.37. The van der Waals surface area contributed by atoms with Gasteiger partial charge in [-0.25, -0.2) is 15.0 Å². The Morgan fingerprint density at radius 3 is 2.67 bits per heavy atom. The first-order valence-electron chi connectivity index (χ1n) is 8.55. The van der Waals surface area contributed by atoms with Crippen molar-refractivity contribution in [1.82, 2.24) is 15.0 Å². The molecule has 0 amide bonds. The van der Waals surface area contributed by atoms with Crippen molar-refractivity contribution in [2.45, 2.75) is 13.0 Å². The molecule has 0 spiro atoms. The maximum absolute atomic E-state index is 6.14. The van der Waals surface area contributed by atoms with Crippen LogP contribution in [-0.2, 0) is 0 Å². The predicted molar refractivity (Wildman–Crippen MR) is 112 cm³/mol. The van der Waals surface area contributed by atoms with E-state index in [1.54, 1.807) is 17.5 Å². The Hall–Kier alpha value is -2.76. The fraction of sp³-hybridized carbons (Fsp3) is 0.0952. The number of nitrogens with one attached hydrogen (secondary N) is 1. The Morgan fingerprint density at radius 1 is 1.00 bits per heavy atom. The molecule has 2 aromatic heterocycles. The maximum atomic E-state index is 6.14. The lowest BCUT2D eigenvalue weighted by Crippen LogP contribution is -2.09. The molecule has 0 radical (unpaired) electrons. The minimum absolute atomic E-state index is 0.107. The van der Waals surface area contributed by atoms with Crippen molar-refractivity contribution in [1.29, 1.82) is 0 Å². The van der Waals surface area contributed by atoms with Crippen molar-refractivity contribution in [3.05, 3.63) is 83.0 Å². The van der Waals surface area contributed by atoms with Gasteiger partial charge in [-0.15, -0.1) is 11.3 Å². The molecule has 4 nitrogen and oxygen atoms in total. The number of rotatable bonds is 5. The van der Waals surface area contributed by atoms with Gasteiger partial charge < -0.3 is 5.32 Å². The zero-order chi connectivity index (χ0) is 18.6. The van der Waals surface area contributed by atoms with Crippen LogP contribution in [0.1, 0.15) is 18.5 Å². The van der Waals surface area contributed by atoms with Crippen LogP contribution in [0, 0.1) is 0 Å². The van der Waals surface area contributed by atoms with E-state index in [1.807, 2.05) is 54.0 Å². The molecule has 1 N–H and O–H groups in total. The van der Waals surface area contributed by atoms with Crippen LogP contribution in [0.15, 0.2) is 72.4 Å². The first kappa shape index (κ1) is 17.6. The van der Waals surface area contributed by atoms with Gasteiger partial charge in [0.05, 0.1) is 27.8 Å². The molecule has 0 unspecified atom stereocenters. The summed E-state index contributed by atoms with van der Waals surface area (Å²) in [6.45, 7) is 2.09. The van der Waals surface area contributed by atoms with E-state index in [2.05, 4.69) is 34.3 Å². The van der Waals surface area contributed by atoms with Gasteiger partial charge in [0.25, 0.3) is 0 Å². The van der Waals surface area contributed by atoms with Gasteiger partial charge in [0.2, 0.25) is 5.95 Å². The van der Waals surface area contributed by atoms with Crippen LogP contribution in [0.3, 0.4) is 0 Å². The van der Waals surface area contributed by atoms with Crippen LogP contribution >= 0.6 is 22.9 Å². The number of hydrogen-bond acceptors (Lipinski definition) is 5. The summed E-state index contributed by atoms with van der Waals surface area (Å²) in [5.41, 5.74) is 5.70. The minimum atomic E-state index is 0.107. The number of nitrogens with zero attached hydrogens (tertiary/aromatic N) is 3. The first-order chi connectivity index (χ1) is 13.2. The average molecular weight is 393 g/mol. The molecule has 2 aromatic carbocycles. The van der Waals surface area contributed by atoms with Gasteiger partial charge in [-0.3, -0.25) is 0 Å². The maximum Gasteiger partial charge on any atom is 0.223 e. The third-order valence-electron chi connectivity index (χ3n) is 4.20. The summed E-state index contributed by atoms with van der Waals surface area (Å²) < 4.78 is 0. The fourth-order valence-electron chi connectivity index (χ4n) is 2.84. The highest BCUT2D eigenvalue weighted by Gasteiger charge is 2.14. The predicted octanol–water partition coefficient (Wildman–Crippen LogP) is 6.09. The zero-order valence-electron chi connectivity index (χ0n) is 14.6. The average Bonchev–Trinajstić information content (AvgIpc) is 3.19. The van der Waals surface area contributed by atoms with Crippen LogP contribution in [0.5, 0.6) is 0 Å². The Labute approximate surface area is 166 Å². The van der Waals surface area contributed by atoms with Crippen LogP contribution < -0.4 is 5.32 Å². The summed E-state index contributed by atoms with van der Waals surface area (Å²) in [4.78, 5) is 14.6. The van der Waals surface area contributed by atoms with E-state index in [4.69, 9.17) is 16.6 Å². The largest absolute Gasteiger partial charge is 0.348 e. The smallest absolute Gasteiger partial charge is 0.223 e. The second-order valence-electron chi connectivity index (χ2n) is 6.08. The van der Waals surface area contributed by atoms with Gasteiger partial charge in [-0.2, -0.15) is 0 Å². The number of hydrogen-bond donors (Lipinski definition) is 1. The van der Waals surface area contributed by atoms with Crippen molar-refractivity contribution in [2.75, 3.05) is 5.32 Å². The molecule has 27 heavy (non-hydrogen) atoms. The highest BCUT2D eigenvalue weighted by Crippen LogP contribution is 2.34. The molecule has 0 aliphatic heterocycles. The lowest BCUT2D eigenvalue weighted by Gasteiger charge is -2.14. The Balaban J connectivity index is 1.63. The molecule has 1 atom stereocenters. The summed E-state index contributed by atoms with van der Waals surface area (Å²) in [6.07, 6.45) is 1.77. The number of benzene rings is 2. The van der Waals surface area contributed by atoms with Gasteiger partial charge in [0.1, 0.15) is 0 Å². The molecule has 6 heteroatoms. The van der Waals surface area contributed by atoms with Crippen molar-refractivity contribution in [2.24, 2.45) is 0 Å². The highest BCUT2D eigenvalue weighted by atomic mass is 35.5. The summed E-state index contributed by atoms with van der Waals surface area (Å²) in [5.74, 6) is 0.592. The zero-order valence-corrected chi connectivity index (χ0v) is 16.2. The fourth-order valence-corrected chi connectivity index (χ4v) is 3.81. The third kappa shape index (κ3) is 3.99. The summed E-state index contributed by atoms with van der Waals surface area (Å²) in [6, 6.07) is 19.9. The topological polar surface area (TPSA) is 50.7 Å². The Morgan fingerprint density at radius 2 is 1.85 bits per heavy atom. The molecule has 0 bridgehead atoms. The molecule has 2 heterocycles. The van der Waals surface area contributed by atoms with Crippen LogP contribution in [0.25, 0.3) is 21.8 Å². The van der Waals surface area contributed by atoms with Crippen LogP contribution in [0.4, 0.5) is 5.95 Å². The summed E-state index contributed by atoms with van der Waals surface area (Å²) in [7, 11) is 0. The molecule has 0 saturated carbocycles. The summed E-state index contributed by atoms with van der Waals surface area (Å²) >= 11 is 7.70. The number of aromatic nitrogens is 3. The molecule has 0 aliphatic rings. The van der Waals surface area contributed by atoms with E-state index in [0.717, 1.165) is 21.8 Å². The van der Waals surface area contributed by atoms with Gasteiger partial charge in [0.15, 0.2) is 0 Å². The van der Waals surface area contributed by atoms with Gasteiger partial charge >= 0.3 is 0 Å². The first-order valence-corrected chi connectivity index (χ1v) is 9.81. The minimum Gasteiger partial charge on any atom is -0.348 e. The molecule has 0 saturated heterocycles. The summed E-state index contributed by atoms with van der Waals surface area (Å²) in [5, 5.41) is 4.06. The van der Waals surface area contributed by atoms with Crippen molar-refractivity contribution < 1.29 is 0 Å². The van der Waals surface area contributed by atoms with E-state index in [0.29, 0.717) is 11.0 Å². The van der Waals surface area contributed by atoms with Gasteiger partial charge in [-0.1, -0.05) is 54.1 Å².